The Morgan fingerprint density at radius 1 is 1.31 bits per heavy atom. The second-order valence-electron chi connectivity index (χ2n) is 5.81. The Hall–Kier alpha value is -2.54. The van der Waals surface area contributed by atoms with Crippen LogP contribution in [0, 0.1) is 0 Å². The molecule has 136 valence electrons. The number of hydrogen-bond donors (Lipinski definition) is 0. The Morgan fingerprint density at radius 2 is 2.12 bits per heavy atom. The second kappa shape index (κ2) is 8.71. The van der Waals surface area contributed by atoms with Crippen molar-refractivity contribution >= 4 is 29.1 Å². The van der Waals surface area contributed by atoms with Crippen LogP contribution in [0.4, 0.5) is 0 Å². The molecule has 3 rings (SSSR count). The summed E-state index contributed by atoms with van der Waals surface area (Å²) in [5.74, 6) is 1.49. The molecular weight excluding hydrogens is 350 g/mol. The van der Waals surface area contributed by atoms with Crippen LogP contribution in [0.2, 0.25) is 0 Å². The molecule has 0 bridgehead atoms. The average Bonchev–Trinajstić information content (AvgIpc) is 3.27. The van der Waals surface area contributed by atoms with Crippen LogP contribution in [-0.2, 0) is 11.3 Å². The van der Waals surface area contributed by atoms with Crippen LogP contribution in [0.1, 0.15) is 31.1 Å². The van der Waals surface area contributed by atoms with E-state index in [1.165, 1.54) is 18.0 Å². The molecule has 2 aromatic rings. The first-order chi connectivity index (χ1) is 12.7. The standard InChI is InChI=1S/C19H21N3O3S/c1-3-5-17-18(23)22(13-14-7-9-15(24-2)10-8-14)19(26-17)21-20-12-16-6-4-11-25-16/h4,6-12,17H,3,5,13H2,1-2H3/b20-12-,21-19-/t17-/m1/s1. The Kier molecular flexibility index (Phi) is 6.12. The van der Waals surface area contributed by atoms with E-state index >= 15 is 0 Å². The van der Waals surface area contributed by atoms with Crippen molar-refractivity contribution in [1.29, 1.82) is 0 Å². The summed E-state index contributed by atoms with van der Waals surface area (Å²) in [4.78, 5) is 14.5. The lowest BCUT2D eigenvalue weighted by Crippen LogP contribution is -2.31. The van der Waals surface area contributed by atoms with Crippen molar-refractivity contribution in [3.63, 3.8) is 0 Å². The molecule has 1 aliphatic rings. The van der Waals surface area contributed by atoms with Crippen molar-refractivity contribution in [1.82, 2.24) is 4.90 Å². The van der Waals surface area contributed by atoms with Gasteiger partial charge in [-0.1, -0.05) is 37.2 Å². The second-order valence-corrected chi connectivity index (χ2v) is 6.98. The van der Waals surface area contributed by atoms with Crippen molar-refractivity contribution < 1.29 is 13.9 Å². The molecule has 0 N–H and O–H groups in total. The van der Waals surface area contributed by atoms with E-state index in [9.17, 15) is 4.79 Å². The molecule has 1 amide bonds. The van der Waals surface area contributed by atoms with E-state index in [4.69, 9.17) is 9.15 Å². The topological polar surface area (TPSA) is 67.4 Å². The number of ether oxygens (including phenoxy) is 1. The normalized spacial score (nSPS) is 19.0. The number of rotatable bonds is 7. The first-order valence-corrected chi connectivity index (χ1v) is 9.34. The number of carbonyl (C=O) groups is 1. The summed E-state index contributed by atoms with van der Waals surface area (Å²) in [5, 5.41) is 8.86. The molecule has 0 spiro atoms. The summed E-state index contributed by atoms with van der Waals surface area (Å²) in [6.07, 6.45) is 4.89. The summed E-state index contributed by atoms with van der Waals surface area (Å²) < 4.78 is 10.4. The van der Waals surface area contributed by atoms with Gasteiger partial charge in [0.05, 0.1) is 31.4 Å². The van der Waals surface area contributed by atoms with Crippen LogP contribution >= 0.6 is 11.8 Å². The monoisotopic (exact) mass is 371 g/mol. The molecule has 0 aliphatic carbocycles. The van der Waals surface area contributed by atoms with Crippen LogP contribution in [0.5, 0.6) is 5.75 Å². The minimum atomic E-state index is -0.101. The lowest BCUT2D eigenvalue weighted by molar-refractivity contribution is -0.126. The highest BCUT2D eigenvalue weighted by atomic mass is 32.2. The van der Waals surface area contributed by atoms with E-state index in [1.54, 1.807) is 30.4 Å². The number of carbonyl (C=O) groups excluding carboxylic acids is 1. The van der Waals surface area contributed by atoms with Crippen molar-refractivity contribution in [2.45, 2.75) is 31.6 Å². The molecule has 1 fully saturated rings. The van der Waals surface area contributed by atoms with Gasteiger partial charge in [0.25, 0.3) is 0 Å². The van der Waals surface area contributed by atoms with Crippen molar-refractivity contribution in [2.24, 2.45) is 10.2 Å². The van der Waals surface area contributed by atoms with Gasteiger partial charge in [-0.25, -0.2) is 0 Å². The number of benzene rings is 1. The highest BCUT2D eigenvalue weighted by Crippen LogP contribution is 2.31. The average molecular weight is 371 g/mol. The molecule has 26 heavy (non-hydrogen) atoms. The molecule has 1 aliphatic heterocycles. The van der Waals surface area contributed by atoms with E-state index in [0.717, 1.165) is 24.2 Å². The molecule has 0 saturated carbocycles. The Morgan fingerprint density at radius 3 is 2.77 bits per heavy atom. The van der Waals surface area contributed by atoms with Crippen molar-refractivity contribution in [2.75, 3.05) is 7.11 Å². The number of methoxy groups -OCH3 is 1. The van der Waals surface area contributed by atoms with E-state index in [1.807, 2.05) is 24.3 Å². The summed E-state index contributed by atoms with van der Waals surface area (Å²) in [5.41, 5.74) is 1.01. The summed E-state index contributed by atoms with van der Waals surface area (Å²) in [7, 11) is 1.63. The largest absolute Gasteiger partial charge is 0.497 e. The highest BCUT2D eigenvalue weighted by molar-refractivity contribution is 8.15. The number of amides is 1. The maximum absolute atomic E-state index is 12.8. The van der Waals surface area contributed by atoms with Gasteiger partial charge in [-0.2, -0.15) is 5.10 Å². The molecule has 0 radical (unpaired) electrons. The fourth-order valence-corrected chi connectivity index (χ4v) is 3.80. The first-order valence-electron chi connectivity index (χ1n) is 8.46. The number of amidine groups is 1. The third-order valence-electron chi connectivity index (χ3n) is 3.94. The van der Waals surface area contributed by atoms with Gasteiger partial charge >= 0.3 is 0 Å². The summed E-state index contributed by atoms with van der Waals surface area (Å²) in [6.45, 7) is 2.54. The maximum atomic E-state index is 12.8. The molecule has 1 aromatic carbocycles. The van der Waals surface area contributed by atoms with E-state index in [2.05, 4.69) is 17.1 Å². The minimum absolute atomic E-state index is 0.0830. The quantitative estimate of drug-likeness (QED) is 0.546. The molecule has 6 nitrogen and oxygen atoms in total. The van der Waals surface area contributed by atoms with Gasteiger partial charge in [-0.3, -0.25) is 9.69 Å². The highest BCUT2D eigenvalue weighted by Gasteiger charge is 2.37. The summed E-state index contributed by atoms with van der Waals surface area (Å²) in [6, 6.07) is 11.3. The zero-order valence-corrected chi connectivity index (χ0v) is 15.6. The molecule has 1 aromatic heterocycles. The Bertz CT molecular complexity index is 785. The smallest absolute Gasteiger partial charge is 0.242 e. The van der Waals surface area contributed by atoms with E-state index in [-0.39, 0.29) is 11.2 Å². The number of furan rings is 1. The van der Waals surface area contributed by atoms with Gasteiger partial charge in [0.1, 0.15) is 11.5 Å². The molecule has 7 heteroatoms. The zero-order chi connectivity index (χ0) is 18.4. The van der Waals surface area contributed by atoms with Crippen LogP contribution in [-0.4, -0.2) is 34.5 Å². The molecule has 0 unspecified atom stereocenters. The van der Waals surface area contributed by atoms with E-state index < -0.39 is 0 Å². The van der Waals surface area contributed by atoms with Gasteiger partial charge in [-0.05, 0) is 36.2 Å². The third-order valence-corrected chi connectivity index (χ3v) is 5.18. The number of thioether (sulfide) groups is 1. The number of nitrogens with zero attached hydrogens (tertiary/aromatic N) is 3. The van der Waals surface area contributed by atoms with Gasteiger partial charge < -0.3 is 9.15 Å². The molecule has 2 heterocycles. The van der Waals surface area contributed by atoms with Gasteiger partial charge in [-0.15, -0.1) is 5.10 Å². The fraction of sp³-hybridized carbons (Fsp3) is 0.316. The molecular formula is C19H21N3O3S. The number of hydrogen-bond acceptors (Lipinski definition) is 6. The minimum Gasteiger partial charge on any atom is -0.497 e. The maximum Gasteiger partial charge on any atom is 0.242 e. The molecule has 1 atom stereocenters. The lowest BCUT2D eigenvalue weighted by atomic mass is 10.2. The van der Waals surface area contributed by atoms with Crippen molar-refractivity contribution in [3.05, 3.63) is 54.0 Å². The third kappa shape index (κ3) is 4.35. The lowest BCUT2D eigenvalue weighted by Gasteiger charge is -2.16. The zero-order valence-electron chi connectivity index (χ0n) is 14.8. The SMILES string of the molecule is CCC[C@H]1S/C(=N\N=C/c2ccco2)N(Cc2ccc(OC)cc2)C1=O. The molecule has 1 saturated heterocycles. The predicted octanol–water partition coefficient (Wildman–Crippen LogP) is 3.92. The van der Waals surface area contributed by atoms with E-state index in [0.29, 0.717) is 17.5 Å². The van der Waals surface area contributed by atoms with Crippen LogP contribution < -0.4 is 4.74 Å². The Balaban J connectivity index is 1.78. The van der Waals surface area contributed by atoms with Gasteiger partial charge in [0, 0.05) is 0 Å². The first kappa shape index (κ1) is 18.3. The van der Waals surface area contributed by atoms with Gasteiger partial charge in [0.15, 0.2) is 5.17 Å². The Labute approximate surface area is 156 Å². The predicted molar refractivity (Wildman–Crippen MR) is 104 cm³/mol. The summed E-state index contributed by atoms with van der Waals surface area (Å²) >= 11 is 1.47. The fourth-order valence-electron chi connectivity index (χ4n) is 2.59. The van der Waals surface area contributed by atoms with Crippen LogP contribution in [0.25, 0.3) is 0 Å². The van der Waals surface area contributed by atoms with Crippen molar-refractivity contribution in [3.8, 4) is 5.75 Å². The van der Waals surface area contributed by atoms with Gasteiger partial charge in [0.2, 0.25) is 5.91 Å². The van der Waals surface area contributed by atoms with Crippen LogP contribution in [0.15, 0.2) is 57.3 Å². The van der Waals surface area contributed by atoms with Crippen LogP contribution in [0.3, 0.4) is 0 Å².